The SMILES string of the molecule is CC/C=C\C/C=C\C/C=C\CC(OCC)OCC. The summed E-state index contributed by atoms with van der Waals surface area (Å²) in [6.07, 6.45) is 16.9. The zero-order valence-corrected chi connectivity index (χ0v) is 12.1. The van der Waals surface area contributed by atoms with Crippen molar-refractivity contribution in [2.75, 3.05) is 13.2 Å². The first-order chi connectivity index (χ1) is 8.85. The van der Waals surface area contributed by atoms with Gasteiger partial charge in [0, 0.05) is 19.6 Å². The zero-order chi connectivity index (χ0) is 13.5. The topological polar surface area (TPSA) is 18.5 Å². The van der Waals surface area contributed by atoms with E-state index in [1.165, 1.54) is 0 Å². The lowest BCUT2D eigenvalue weighted by molar-refractivity contribution is -0.133. The van der Waals surface area contributed by atoms with Crippen molar-refractivity contribution < 1.29 is 9.47 Å². The molecule has 0 saturated heterocycles. The molecule has 0 aromatic rings. The number of ether oxygens (including phenoxy) is 2. The maximum Gasteiger partial charge on any atom is 0.160 e. The van der Waals surface area contributed by atoms with Gasteiger partial charge in [0.1, 0.15) is 0 Å². The van der Waals surface area contributed by atoms with Crippen LogP contribution in [-0.2, 0) is 9.47 Å². The van der Waals surface area contributed by atoms with Crippen molar-refractivity contribution in [3.63, 3.8) is 0 Å². The van der Waals surface area contributed by atoms with E-state index in [4.69, 9.17) is 9.47 Å². The molecule has 0 aliphatic rings. The van der Waals surface area contributed by atoms with Crippen LogP contribution < -0.4 is 0 Å². The van der Waals surface area contributed by atoms with Crippen LogP contribution >= 0.6 is 0 Å². The van der Waals surface area contributed by atoms with Gasteiger partial charge < -0.3 is 9.47 Å². The Morgan fingerprint density at radius 2 is 1.22 bits per heavy atom. The first-order valence-corrected chi connectivity index (χ1v) is 7.03. The molecule has 0 aromatic heterocycles. The largest absolute Gasteiger partial charge is 0.353 e. The van der Waals surface area contributed by atoms with Crippen molar-refractivity contribution in [2.45, 2.75) is 52.7 Å². The Morgan fingerprint density at radius 3 is 1.72 bits per heavy atom. The molecule has 0 saturated carbocycles. The zero-order valence-electron chi connectivity index (χ0n) is 12.1. The lowest BCUT2D eigenvalue weighted by Gasteiger charge is -2.14. The van der Waals surface area contributed by atoms with Crippen LogP contribution in [0.25, 0.3) is 0 Å². The molecule has 0 bridgehead atoms. The van der Waals surface area contributed by atoms with Crippen LogP contribution in [0.5, 0.6) is 0 Å². The molecule has 0 rings (SSSR count). The number of hydrogen-bond acceptors (Lipinski definition) is 2. The smallest absolute Gasteiger partial charge is 0.160 e. The second kappa shape index (κ2) is 14.2. The van der Waals surface area contributed by atoms with Gasteiger partial charge in [0.25, 0.3) is 0 Å². The van der Waals surface area contributed by atoms with Crippen LogP contribution in [0.1, 0.15) is 46.5 Å². The predicted molar refractivity (Wildman–Crippen MR) is 78.6 cm³/mol. The molecular formula is C16H28O2. The first-order valence-electron chi connectivity index (χ1n) is 7.03. The second-order valence-corrected chi connectivity index (χ2v) is 3.87. The van der Waals surface area contributed by atoms with Gasteiger partial charge in [-0.2, -0.15) is 0 Å². The summed E-state index contributed by atoms with van der Waals surface area (Å²) < 4.78 is 10.9. The molecule has 0 spiro atoms. The minimum absolute atomic E-state index is 0.0901. The van der Waals surface area contributed by atoms with Gasteiger partial charge in [-0.15, -0.1) is 0 Å². The molecule has 18 heavy (non-hydrogen) atoms. The summed E-state index contributed by atoms with van der Waals surface area (Å²) >= 11 is 0. The highest BCUT2D eigenvalue weighted by Gasteiger charge is 2.03. The van der Waals surface area contributed by atoms with E-state index in [1.54, 1.807) is 0 Å². The van der Waals surface area contributed by atoms with Gasteiger partial charge in [-0.05, 0) is 33.1 Å². The number of allylic oxidation sites excluding steroid dienone is 5. The molecule has 0 amide bonds. The molecule has 104 valence electrons. The van der Waals surface area contributed by atoms with Crippen molar-refractivity contribution >= 4 is 0 Å². The van der Waals surface area contributed by atoms with Gasteiger partial charge in [-0.3, -0.25) is 0 Å². The standard InChI is InChI=1S/C16H28O2/c1-4-7-8-9-10-11-12-13-14-15-16(17-5-2)18-6-3/h7-8,10-11,13-14,16H,4-6,9,12,15H2,1-3H3/b8-7-,11-10-,14-13-. The molecule has 0 atom stereocenters. The lowest BCUT2D eigenvalue weighted by atomic mass is 10.2. The van der Waals surface area contributed by atoms with Gasteiger partial charge >= 0.3 is 0 Å². The van der Waals surface area contributed by atoms with E-state index in [0.717, 1.165) is 25.7 Å². The minimum Gasteiger partial charge on any atom is -0.353 e. The van der Waals surface area contributed by atoms with Crippen molar-refractivity contribution in [3.05, 3.63) is 36.5 Å². The summed E-state index contributed by atoms with van der Waals surface area (Å²) in [7, 11) is 0. The molecule has 0 aliphatic carbocycles. The highest BCUT2D eigenvalue weighted by Crippen LogP contribution is 2.03. The summed E-state index contributed by atoms with van der Waals surface area (Å²) in [5, 5.41) is 0. The molecule has 0 heterocycles. The summed E-state index contributed by atoms with van der Waals surface area (Å²) in [6, 6.07) is 0. The van der Waals surface area contributed by atoms with Crippen LogP contribution in [-0.4, -0.2) is 19.5 Å². The van der Waals surface area contributed by atoms with E-state index >= 15 is 0 Å². The minimum atomic E-state index is -0.0901. The quantitative estimate of drug-likeness (QED) is 0.394. The lowest BCUT2D eigenvalue weighted by Crippen LogP contribution is -2.16. The first kappa shape index (κ1) is 17.1. The van der Waals surface area contributed by atoms with Crippen molar-refractivity contribution in [3.8, 4) is 0 Å². The van der Waals surface area contributed by atoms with Gasteiger partial charge in [0.05, 0.1) is 0 Å². The molecule has 0 N–H and O–H groups in total. The Kier molecular flexibility index (Phi) is 13.5. The van der Waals surface area contributed by atoms with E-state index in [1.807, 2.05) is 13.8 Å². The van der Waals surface area contributed by atoms with E-state index in [-0.39, 0.29) is 6.29 Å². The Labute approximate surface area is 112 Å². The van der Waals surface area contributed by atoms with Crippen LogP contribution in [0, 0.1) is 0 Å². The van der Waals surface area contributed by atoms with Gasteiger partial charge in [0.2, 0.25) is 0 Å². The molecule has 0 aromatic carbocycles. The fourth-order valence-electron chi connectivity index (χ4n) is 1.47. The van der Waals surface area contributed by atoms with Crippen LogP contribution in [0.4, 0.5) is 0 Å². The summed E-state index contributed by atoms with van der Waals surface area (Å²) in [6.45, 7) is 7.52. The van der Waals surface area contributed by atoms with Crippen molar-refractivity contribution in [1.29, 1.82) is 0 Å². The predicted octanol–water partition coefficient (Wildman–Crippen LogP) is 4.63. The third kappa shape index (κ3) is 11.6. The average Bonchev–Trinajstić information content (AvgIpc) is 2.37. The van der Waals surface area contributed by atoms with E-state index in [0.29, 0.717) is 13.2 Å². The molecule has 0 radical (unpaired) electrons. The normalized spacial score (nSPS) is 12.7. The molecule has 2 nitrogen and oxygen atoms in total. The molecular weight excluding hydrogens is 224 g/mol. The highest BCUT2D eigenvalue weighted by atomic mass is 16.7. The monoisotopic (exact) mass is 252 g/mol. The fourth-order valence-corrected chi connectivity index (χ4v) is 1.47. The maximum absolute atomic E-state index is 5.45. The third-order valence-electron chi connectivity index (χ3n) is 2.31. The maximum atomic E-state index is 5.45. The molecule has 0 fully saturated rings. The summed E-state index contributed by atoms with van der Waals surface area (Å²) in [5.41, 5.74) is 0. The fraction of sp³-hybridized carbons (Fsp3) is 0.625. The van der Waals surface area contributed by atoms with Gasteiger partial charge in [-0.1, -0.05) is 43.4 Å². The van der Waals surface area contributed by atoms with E-state index < -0.39 is 0 Å². The average molecular weight is 252 g/mol. The Bertz CT molecular complexity index is 235. The summed E-state index contributed by atoms with van der Waals surface area (Å²) in [5.74, 6) is 0. The molecule has 0 aliphatic heterocycles. The number of hydrogen-bond donors (Lipinski definition) is 0. The van der Waals surface area contributed by atoms with Gasteiger partial charge in [0.15, 0.2) is 6.29 Å². The van der Waals surface area contributed by atoms with E-state index in [9.17, 15) is 0 Å². The summed E-state index contributed by atoms with van der Waals surface area (Å²) in [4.78, 5) is 0. The number of rotatable bonds is 11. The molecule has 0 unspecified atom stereocenters. The second-order valence-electron chi connectivity index (χ2n) is 3.87. The molecule has 2 heteroatoms. The van der Waals surface area contributed by atoms with Crippen molar-refractivity contribution in [2.24, 2.45) is 0 Å². The highest BCUT2D eigenvalue weighted by molar-refractivity contribution is 4.97. The third-order valence-corrected chi connectivity index (χ3v) is 2.31. The Morgan fingerprint density at radius 1 is 0.722 bits per heavy atom. The van der Waals surface area contributed by atoms with E-state index in [2.05, 4.69) is 43.4 Å². The van der Waals surface area contributed by atoms with Crippen LogP contribution in [0.2, 0.25) is 0 Å². The van der Waals surface area contributed by atoms with Gasteiger partial charge in [-0.25, -0.2) is 0 Å². The van der Waals surface area contributed by atoms with Crippen molar-refractivity contribution in [1.82, 2.24) is 0 Å². The van der Waals surface area contributed by atoms with Crippen LogP contribution in [0.3, 0.4) is 0 Å². The van der Waals surface area contributed by atoms with Crippen LogP contribution in [0.15, 0.2) is 36.5 Å². The Hall–Kier alpha value is -0.860. The Balaban J connectivity index is 3.64.